The van der Waals surface area contributed by atoms with Crippen molar-refractivity contribution in [2.24, 2.45) is 0 Å². The van der Waals surface area contributed by atoms with Gasteiger partial charge in [-0.15, -0.1) is 0 Å². The fraction of sp³-hybridized carbons (Fsp3) is 0.467. The lowest BCUT2D eigenvalue weighted by Gasteiger charge is -2.43. The van der Waals surface area contributed by atoms with Crippen LogP contribution in [0, 0.1) is 0 Å². The molecule has 1 fully saturated rings. The molecule has 2 amide bonds. The molecule has 4 nitrogen and oxygen atoms in total. The number of anilines is 1. The number of nitrogens with one attached hydrogen (secondary N) is 1. The maximum atomic E-state index is 12.8. The summed E-state index contributed by atoms with van der Waals surface area (Å²) in [4.78, 5) is 26.6. The summed E-state index contributed by atoms with van der Waals surface area (Å²) in [6.07, 6.45) is 1.12. The summed E-state index contributed by atoms with van der Waals surface area (Å²) in [7, 11) is 0. The number of carbonyl (C=O) groups is 2. The van der Waals surface area contributed by atoms with Crippen LogP contribution < -0.4 is 10.2 Å². The Labute approximate surface area is 124 Å². The van der Waals surface area contributed by atoms with Crippen molar-refractivity contribution in [3.05, 3.63) is 29.3 Å². The molecular weight excluding hydrogens is 276 g/mol. The van der Waals surface area contributed by atoms with Crippen molar-refractivity contribution in [2.75, 3.05) is 4.90 Å². The predicted molar refractivity (Wildman–Crippen MR) is 79.9 cm³/mol. The molecule has 1 aliphatic rings. The van der Waals surface area contributed by atoms with E-state index in [1.54, 1.807) is 36.1 Å². The number of piperazine rings is 1. The topological polar surface area (TPSA) is 49.4 Å². The van der Waals surface area contributed by atoms with Gasteiger partial charge >= 0.3 is 0 Å². The van der Waals surface area contributed by atoms with Crippen molar-refractivity contribution in [1.29, 1.82) is 0 Å². The normalized spacial score (nSPS) is 26.6. The number of benzene rings is 1. The lowest BCUT2D eigenvalue weighted by atomic mass is 9.90. The minimum Gasteiger partial charge on any atom is -0.340 e. The van der Waals surface area contributed by atoms with Crippen molar-refractivity contribution in [3.63, 3.8) is 0 Å². The number of nitrogens with zero attached hydrogens (tertiary/aromatic N) is 1. The molecule has 0 bridgehead atoms. The highest BCUT2D eigenvalue weighted by Crippen LogP contribution is 2.29. The first kappa shape index (κ1) is 14.9. The van der Waals surface area contributed by atoms with Gasteiger partial charge in [0.2, 0.25) is 5.91 Å². The van der Waals surface area contributed by atoms with Crippen molar-refractivity contribution < 1.29 is 9.59 Å². The second-order valence-electron chi connectivity index (χ2n) is 5.25. The standard InChI is InChI=1S/C15H19ClN2O2/c1-4-12-13(19)17-15(3,5-2)14(20)18(12)11-8-6-10(16)7-9-11/h6-9,12H,4-5H2,1-3H3,(H,17,19). The van der Waals surface area contributed by atoms with E-state index in [0.717, 1.165) is 0 Å². The molecule has 5 heteroatoms. The lowest BCUT2D eigenvalue weighted by Crippen LogP contribution is -2.69. The number of amides is 2. The minimum atomic E-state index is -0.845. The molecule has 0 radical (unpaired) electrons. The highest BCUT2D eigenvalue weighted by atomic mass is 35.5. The summed E-state index contributed by atoms with van der Waals surface area (Å²) in [5.41, 5.74) is -0.136. The predicted octanol–water partition coefficient (Wildman–Crippen LogP) is 2.75. The molecule has 0 saturated carbocycles. The van der Waals surface area contributed by atoms with Crippen molar-refractivity contribution >= 4 is 29.1 Å². The molecule has 2 rings (SSSR count). The monoisotopic (exact) mass is 294 g/mol. The average molecular weight is 295 g/mol. The zero-order chi connectivity index (χ0) is 14.9. The molecule has 1 aromatic carbocycles. The highest BCUT2D eigenvalue weighted by Gasteiger charge is 2.46. The second kappa shape index (κ2) is 5.44. The summed E-state index contributed by atoms with van der Waals surface area (Å²) < 4.78 is 0. The molecule has 0 aromatic heterocycles. The first-order valence-corrected chi connectivity index (χ1v) is 7.22. The Morgan fingerprint density at radius 2 is 1.85 bits per heavy atom. The van der Waals surface area contributed by atoms with Gasteiger partial charge in [0.25, 0.3) is 5.91 Å². The van der Waals surface area contributed by atoms with E-state index in [9.17, 15) is 9.59 Å². The Morgan fingerprint density at radius 1 is 1.25 bits per heavy atom. The van der Waals surface area contributed by atoms with Crippen molar-refractivity contribution in [3.8, 4) is 0 Å². The van der Waals surface area contributed by atoms with Crippen LogP contribution in [0.1, 0.15) is 33.6 Å². The Bertz CT molecular complexity index is 529. The smallest absolute Gasteiger partial charge is 0.253 e. The Morgan fingerprint density at radius 3 is 2.35 bits per heavy atom. The number of hydrogen-bond donors (Lipinski definition) is 1. The molecule has 1 heterocycles. The second-order valence-corrected chi connectivity index (χ2v) is 5.69. The van der Waals surface area contributed by atoms with E-state index in [2.05, 4.69) is 5.32 Å². The molecule has 1 aromatic rings. The van der Waals surface area contributed by atoms with Gasteiger partial charge in [-0.05, 0) is 44.0 Å². The zero-order valence-electron chi connectivity index (χ0n) is 11.9. The van der Waals surface area contributed by atoms with Gasteiger partial charge in [-0.1, -0.05) is 25.4 Å². The molecular formula is C15H19ClN2O2. The van der Waals surface area contributed by atoms with Gasteiger partial charge in [0.1, 0.15) is 11.6 Å². The van der Waals surface area contributed by atoms with E-state index in [0.29, 0.717) is 23.6 Å². The maximum absolute atomic E-state index is 12.8. The van der Waals surface area contributed by atoms with Gasteiger partial charge < -0.3 is 5.32 Å². The van der Waals surface area contributed by atoms with E-state index >= 15 is 0 Å². The fourth-order valence-corrected chi connectivity index (χ4v) is 2.57. The molecule has 0 aliphatic carbocycles. The third-order valence-electron chi connectivity index (χ3n) is 3.90. The maximum Gasteiger partial charge on any atom is 0.253 e. The van der Waals surface area contributed by atoms with Crippen molar-refractivity contribution in [2.45, 2.75) is 45.2 Å². The SMILES string of the molecule is CCC1C(=O)NC(C)(CC)C(=O)N1c1ccc(Cl)cc1. The van der Waals surface area contributed by atoms with Crippen LogP contribution in [0.25, 0.3) is 0 Å². The van der Waals surface area contributed by atoms with E-state index in [-0.39, 0.29) is 11.8 Å². The van der Waals surface area contributed by atoms with E-state index in [1.165, 1.54) is 0 Å². The molecule has 2 unspecified atom stereocenters. The molecule has 2 atom stereocenters. The van der Waals surface area contributed by atoms with Gasteiger partial charge in [-0.25, -0.2) is 0 Å². The van der Waals surface area contributed by atoms with Crippen LogP contribution in [0.3, 0.4) is 0 Å². The van der Waals surface area contributed by atoms with Crippen LogP contribution in [0.2, 0.25) is 5.02 Å². The summed E-state index contributed by atoms with van der Waals surface area (Å²) in [5, 5.41) is 3.45. The third kappa shape index (κ3) is 2.40. The molecule has 20 heavy (non-hydrogen) atoms. The lowest BCUT2D eigenvalue weighted by molar-refractivity contribution is -0.138. The summed E-state index contributed by atoms with van der Waals surface area (Å²) >= 11 is 5.89. The van der Waals surface area contributed by atoms with Crippen LogP contribution in [-0.2, 0) is 9.59 Å². The zero-order valence-corrected chi connectivity index (χ0v) is 12.7. The summed E-state index contributed by atoms with van der Waals surface area (Å²) in [6, 6.07) is 6.54. The highest BCUT2D eigenvalue weighted by molar-refractivity contribution is 6.30. The van der Waals surface area contributed by atoms with Crippen molar-refractivity contribution in [1.82, 2.24) is 5.32 Å². The van der Waals surface area contributed by atoms with E-state index in [4.69, 9.17) is 11.6 Å². The fourth-order valence-electron chi connectivity index (χ4n) is 2.44. The molecule has 1 N–H and O–H groups in total. The molecule has 1 aliphatic heterocycles. The largest absolute Gasteiger partial charge is 0.340 e. The average Bonchev–Trinajstić information content (AvgIpc) is 2.43. The number of hydrogen-bond acceptors (Lipinski definition) is 2. The number of carbonyl (C=O) groups excluding carboxylic acids is 2. The van der Waals surface area contributed by atoms with Crippen LogP contribution in [0.15, 0.2) is 24.3 Å². The molecule has 1 saturated heterocycles. The first-order chi connectivity index (χ1) is 9.42. The van der Waals surface area contributed by atoms with Gasteiger partial charge in [0.15, 0.2) is 0 Å². The molecule has 0 spiro atoms. The van der Waals surface area contributed by atoms with Crippen LogP contribution in [-0.4, -0.2) is 23.4 Å². The molecule has 108 valence electrons. The number of halogens is 1. The quantitative estimate of drug-likeness (QED) is 0.932. The Kier molecular flexibility index (Phi) is 4.04. The summed E-state index contributed by atoms with van der Waals surface area (Å²) in [6.45, 7) is 5.56. The third-order valence-corrected chi connectivity index (χ3v) is 4.15. The van der Waals surface area contributed by atoms with Gasteiger partial charge in [-0.2, -0.15) is 0 Å². The van der Waals surface area contributed by atoms with Gasteiger partial charge in [-0.3, -0.25) is 14.5 Å². The Balaban J connectivity index is 2.46. The van der Waals surface area contributed by atoms with Crippen LogP contribution in [0.5, 0.6) is 0 Å². The Hall–Kier alpha value is -1.55. The number of rotatable bonds is 3. The van der Waals surface area contributed by atoms with Gasteiger partial charge in [0, 0.05) is 10.7 Å². The minimum absolute atomic E-state index is 0.0752. The van der Waals surface area contributed by atoms with Gasteiger partial charge in [0.05, 0.1) is 0 Å². The van der Waals surface area contributed by atoms with Crippen LogP contribution in [0.4, 0.5) is 5.69 Å². The first-order valence-electron chi connectivity index (χ1n) is 6.84. The van der Waals surface area contributed by atoms with E-state index < -0.39 is 11.6 Å². The summed E-state index contributed by atoms with van der Waals surface area (Å²) in [5.74, 6) is -0.180. The van der Waals surface area contributed by atoms with E-state index in [1.807, 2.05) is 13.8 Å². The van der Waals surface area contributed by atoms with Crippen LogP contribution >= 0.6 is 11.6 Å².